The summed E-state index contributed by atoms with van der Waals surface area (Å²) in [7, 11) is 0.521. The van der Waals surface area contributed by atoms with Crippen molar-refractivity contribution in [2.75, 3.05) is 52.6 Å². The zero-order valence-electron chi connectivity index (χ0n) is 17.4. The molecule has 11 heteroatoms. The summed E-state index contributed by atoms with van der Waals surface area (Å²) in [5.74, 6) is 0.208. The normalized spacial score (nSPS) is 23.3. The van der Waals surface area contributed by atoms with Crippen molar-refractivity contribution in [3.05, 3.63) is 22.2 Å². The van der Waals surface area contributed by atoms with E-state index in [-0.39, 0.29) is 24.2 Å². The van der Waals surface area contributed by atoms with Gasteiger partial charge in [-0.15, -0.1) is 0 Å². The third kappa shape index (κ3) is 5.20. The molecule has 4 N–H and O–H groups in total. The first-order valence-electron chi connectivity index (χ1n) is 9.43. The molecule has 1 aromatic rings. The molecule has 0 amide bonds. The monoisotopic (exact) mass is 416 g/mol. The summed E-state index contributed by atoms with van der Waals surface area (Å²) in [6, 6.07) is 0. The van der Waals surface area contributed by atoms with Gasteiger partial charge in [0.05, 0.1) is 12.7 Å². The molecule has 3 atom stereocenters. The summed E-state index contributed by atoms with van der Waals surface area (Å²) in [6.45, 7) is 7.89. The Morgan fingerprint density at radius 3 is 2.68 bits per heavy atom. The Kier molecular flexibility index (Phi) is 7.78. The van der Waals surface area contributed by atoms with E-state index in [4.69, 9.17) is 20.7 Å². The molecule has 160 valence electrons. The van der Waals surface area contributed by atoms with Gasteiger partial charge in [-0.2, -0.15) is 4.98 Å². The number of nitrogens with two attached hydrogens (primary N) is 2. The number of hydrogen-bond acceptors (Lipinski definition) is 8. The summed E-state index contributed by atoms with van der Waals surface area (Å²) in [5, 5.41) is 0. The Labute approximate surface area is 166 Å². The average molecular weight is 416 g/mol. The third-order valence-corrected chi connectivity index (χ3v) is 7.75. The number of nitrogen functional groups attached to an aromatic ring is 1. The highest BCUT2D eigenvalue weighted by atomic mass is 31.2. The van der Waals surface area contributed by atoms with Gasteiger partial charge in [-0.3, -0.25) is 14.0 Å². The van der Waals surface area contributed by atoms with E-state index in [1.54, 1.807) is 31.9 Å². The quantitative estimate of drug-likeness (QED) is 0.581. The summed E-state index contributed by atoms with van der Waals surface area (Å²) in [6.07, 6.45) is 0.742. The molecule has 0 spiro atoms. The van der Waals surface area contributed by atoms with Crippen molar-refractivity contribution in [3.8, 4) is 0 Å². The molecule has 0 aromatic carbocycles. The number of rotatable bonds is 8. The first kappa shape index (κ1) is 23.0. The van der Waals surface area contributed by atoms with Gasteiger partial charge in [0.15, 0.2) is 6.23 Å². The van der Waals surface area contributed by atoms with E-state index in [1.165, 1.54) is 4.57 Å². The highest BCUT2D eigenvalue weighted by Gasteiger charge is 2.35. The molecule has 1 saturated heterocycles. The lowest BCUT2D eigenvalue weighted by Crippen LogP contribution is -2.50. The Balaban J connectivity index is 2.21. The molecule has 1 aliphatic rings. The Morgan fingerprint density at radius 2 is 2.11 bits per heavy atom. The van der Waals surface area contributed by atoms with Crippen LogP contribution in [0.2, 0.25) is 0 Å². The Hall–Kier alpha value is -1.29. The zero-order valence-corrected chi connectivity index (χ0v) is 18.3. The van der Waals surface area contributed by atoms with Crippen LogP contribution < -0.4 is 17.2 Å². The van der Waals surface area contributed by atoms with E-state index >= 15 is 0 Å². The van der Waals surface area contributed by atoms with Crippen LogP contribution in [0.15, 0.2) is 11.0 Å². The lowest BCUT2D eigenvalue weighted by atomic mass is 10.2. The largest absolute Gasteiger partial charge is 0.383 e. The molecule has 10 nitrogen and oxygen atoms in total. The Morgan fingerprint density at radius 1 is 1.43 bits per heavy atom. The van der Waals surface area contributed by atoms with Gasteiger partial charge in [-0.05, 0) is 21.0 Å². The number of anilines is 1. The van der Waals surface area contributed by atoms with Crippen molar-refractivity contribution in [1.29, 1.82) is 0 Å². The van der Waals surface area contributed by atoms with Crippen LogP contribution in [0.1, 0.15) is 25.6 Å². The van der Waals surface area contributed by atoms with Crippen LogP contribution in [-0.4, -0.2) is 77.8 Å². The molecule has 0 bridgehead atoms. The molecule has 1 unspecified atom stereocenters. The second-order valence-corrected chi connectivity index (χ2v) is 10.8. The highest BCUT2D eigenvalue weighted by Crippen LogP contribution is 2.53. The maximum absolute atomic E-state index is 13.1. The maximum atomic E-state index is 13.1. The number of aromatic nitrogens is 2. The number of ether oxygens (including phenoxy) is 1. The van der Waals surface area contributed by atoms with Crippen LogP contribution in [0.3, 0.4) is 0 Å². The van der Waals surface area contributed by atoms with E-state index in [9.17, 15) is 9.36 Å². The van der Waals surface area contributed by atoms with Gasteiger partial charge < -0.3 is 20.7 Å². The SMILES string of the molecule is Cc1cn([C@H]2CN(CCN)C[C@@H](COP(=O)(C(C)C)N(C)C)O2)c(=O)nc1N. The van der Waals surface area contributed by atoms with E-state index in [0.29, 0.717) is 31.7 Å². The van der Waals surface area contributed by atoms with E-state index < -0.39 is 19.4 Å². The van der Waals surface area contributed by atoms with Crippen molar-refractivity contribution >= 4 is 13.3 Å². The first-order valence-corrected chi connectivity index (χ1v) is 11.1. The molecule has 0 radical (unpaired) electrons. The summed E-state index contributed by atoms with van der Waals surface area (Å²) < 4.78 is 28.1. The van der Waals surface area contributed by atoms with Crippen LogP contribution in [0, 0.1) is 6.92 Å². The highest BCUT2D eigenvalue weighted by molar-refractivity contribution is 7.57. The maximum Gasteiger partial charge on any atom is 0.351 e. The summed E-state index contributed by atoms with van der Waals surface area (Å²) in [4.78, 5) is 18.3. The molecule has 2 heterocycles. The fourth-order valence-corrected chi connectivity index (χ4v) is 5.04. The molecule has 2 rings (SSSR count). The average Bonchev–Trinajstić information content (AvgIpc) is 2.62. The van der Waals surface area contributed by atoms with Gasteiger partial charge in [-0.25, -0.2) is 9.46 Å². The molecule has 28 heavy (non-hydrogen) atoms. The minimum absolute atomic E-state index is 0.145. The van der Waals surface area contributed by atoms with Crippen molar-refractivity contribution in [1.82, 2.24) is 19.1 Å². The minimum atomic E-state index is -2.97. The fraction of sp³-hybridized carbons (Fsp3) is 0.765. The van der Waals surface area contributed by atoms with Crippen molar-refractivity contribution in [2.24, 2.45) is 5.73 Å². The molecule has 1 aliphatic heterocycles. The second kappa shape index (κ2) is 9.47. The van der Waals surface area contributed by atoms with Crippen molar-refractivity contribution in [2.45, 2.75) is 38.8 Å². The van der Waals surface area contributed by atoms with Crippen LogP contribution in [0.4, 0.5) is 5.82 Å². The minimum Gasteiger partial charge on any atom is -0.383 e. The van der Waals surface area contributed by atoms with Gasteiger partial charge >= 0.3 is 5.69 Å². The third-order valence-electron chi connectivity index (χ3n) is 4.81. The van der Waals surface area contributed by atoms with Crippen LogP contribution in [-0.2, 0) is 13.8 Å². The number of aryl methyl sites for hydroxylation is 1. The van der Waals surface area contributed by atoms with E-state index in [2.05, 4.69) is 9.88 Å². The lowest BCUT2D eigenvalue weighted by molar-refractivity contribution is -0.133. The molecular formula is C17H33N6O4P. The van der Waals surface area contributed by atoms with Gasteiger partial charge in [0, 0.05) is 43.6 Å². The topological polar surface area (TPSA) is 129 Å². The molecule has 1 aromatic heterocycles. The molecular weight excluding hydrogens is 383 g/mol. The molecule has 0 aliphatic carbocycles. The number of hydrogen-bond donors (Lipinski definition) is 2. The Bertz CT molecular complexity index is 757. The van der Waals surface area contributed by atoms with Gasteiger partial charge in [0.1, 0.15) is 5.82 Å². The van der Waals surface area contributed by atoms with Gasteiger partial charge in [-0.1, -0.05) is 13.8 Å². The standard InChI is InChI=1S/C17H33N6O4P/c1-12(2)28(25,21(4)5)26-11-14-9-22(7-6-18)10-15(27-14)23-8-13(3)16(19)20-17(23)24/h8,12,14-15H,6-7,9-11,18H2,1-5H3,(H2,19,20,24)/t14-,15+,28?/m0/s1. The van der Waals surface area contributed by atoms with E-state index in [0.717, 1.165) is 0 Å². The fourth-order valence-electron chi connectivity index (χ4n) is 3.20. The van der Waals surface area contributed by atoms with E-state index in [1.807, 2.05) is 13.8 Å². The molecule has 0 saturated carbocycles. The summed E-state index contributed by atoms with van der Waals surface area (Å²) >= 11 is 0. The van der Waals surface area contributed by atoms with Crippen LogP contribution in [0.25, 0.3) is 0 Å². The van der Waals surface area contributed by atoms with Gasteiger partial charge in [0.25, 0.3) is 7.52 Å². The van der Waals surface area contributed by atoms with Crippen LogP contribution in [0.5, 0.6) is 0 Å². The molecule has 1 fully saturated rings. The van der Waals surface area contributed by atoms with Crippen molar-refractivity contribution < 1.29 is 13.8 Å². The van der Waals surface area contributed by atoms with Crippen molar-refractivity contribution in [3.63, 3.8) is 0 Å². The first-order chi connectivity index (χ1) is 13.1. The number of morpholine rings is 1. The summed E-state index contributed by atoms with van der Waals surface area (Å²) in [5.41, 5.74) is 11.5. The number of nitrogens with zero attached hydrogens (tertiary/aromatic N) is 4. The van der Waals surface area contributed by atoms with Crippen LogP contribution >= 0.6 is 7.52 Å². The zero-order chi connectivity index (χ0) is 21.1. The second-order valence-electron chi connectivity index (χ2n) is 7.56. The predicted molar refractivity (Wildman–Crippen MR) is 109 cm³/mol. The predicted octanol–water partition coefficient (Wildman–Crippen LogP) is 0.472. The lowest BCUT2D eigenvalue weighted by Gasteiger charge is -2.39. The smallest absolute Gasteiger partial charge is 0.351 e. The van der Waals surface area contributed by atoms with Gasteiger partial charge in [0.2, 0.25) is 0 Å².